The molecule has 1 aromatic heterocycles. The Labute approximate surface area is 128 Å². The van der Waals surface area contributed by atoms with Crippen LogP contribution in [-0.4, -0.2) is 6.10 Å². The molecule has 3 aromatic rings. The Morgan fingerprint density at radius 1 is 0.955 bits per heavy atom. The lowest BCUT2D eigenvalue weighted by Gasteiger charge is -2.07. The molecule has 0 unspecified atom stereocenters. The van der Waals surface area contributed by atoms with Gasteiger partial charge in [0.05, 0.1) is 10.9 Å². The van der Waals surface area contributed by atoms with Crippen LogP contribution < -0.4 is 10.4 Å². The zero-order chi connectivity index (χ0) is 15.3. The second-order valence-corrected chi connectivity index (χ2v) is 5.82. The van der Waals surface area contributed by atoms with Gasteiger partial charge in [-0.25, -0.2) is 4.79 Å². The number of fused-ring (bicyclic) bond motifs is 3. The Kier molecular flexibility index (Phi) is 2.83. The molecule has 0 amide bonds. The summed E-state index contributed by atoms with van der Waals surface area (Å²) in [6.45, 7) is 3.98. The van der Waals surface area contributed by atoms with Crippen LogP contribution in [0.15, 0.2) is 57.7 Å². The maximum atomic E-state index is 12.3. The van der Waals surface area contributed by atoms with E-state index in [2.05, 4.69) is 0 Å². The van der Waals surface area contributed by atoms with Crippen LogP contribution in [0.5, 0.6) is 5.75 Å². The molecule has 0 radical (unpaired) electrons. The summed E-state index contributed by atoms with van der Waals surface area (Å²) >= 11 is 0. The molecule has 0 N–H and O–H groups in total. The second-order valence-electron chi connectivity index (χ2n) is 5.82. The van der Waals surface area contributed by atoms with Crippen LogP contribution in [0.25, 0.3) is 22.1 Å². The first-order chi connectivity index (χ1) is 10.6. The molecule has 110 valence electrons. The monoisotopic (exact) mass is 292 g/mol. The fourth-order valence-corrected chi connectivity index (χ4v) is 3.04. The molecule has 2 aromatic carbocycles. The van der Waals surface area contributed by atoms with Crippen molar-refractivity contribution in [3.63, 3.8) is 0 Å². The Balaban J connectivity index is 1.95. The summed E-state index contributed by atoms with van der Waals surface area (Å²) in [5.74, 6) is 0.746. The highest BCUT2D eigenvalue weighted by Crippen LogP contribution is 2.41. The fraction of sp³-hybridized carbons (Fsp3) is 0.211. The van der Waals surface area contributed by atoms with Crippen LogP contribution in [0.4, 0.5) is 0 Å². The molecule has 2 heterocycles. The fourth-order valence-electron chi connectivity index (χ4n) is 3.04. The molecule has 22 heavy (non-hydrogen) atoms. The van der Waals surface area contributed by atoms with Crippen LogP contribution in [0, 0.1) is 0 Å². The van der Waals surface area contributed by atoms with Gasteiger partial charge in [0, 0.05) is 5.92 Å². The topological polar surface area (TPSA) is 39.4 Å². The average Bonchev–Trinajstić information content (AvgIpc) is 2.84. The summed E-state index contributed by atoms with van der Waals surface area (Å²) in [5.41, 5.74) is 3.06. The largest absolute Gasteiger partial charge is 0.489 e. The quantitative estimate of drug-likeness (QED) is 0.626. The lowest BCUT2D eigenvalue weighted by Crippen LogP contribution is -2.14. The highest BCUT2D eigenvalue weighted by Gasteiger charge is 2.33. The Bertz CT molecular complexity index is 909. The van der Waals surface area contributed by atoms with Gasteiger partial charge in [-0.15, -0.1) is 0 Å². The van der Waals surface area contributed by atoms with E-state index in [-0.39, 0.29) is 17.6 Å². The number of benzene rings is 2. The summed E-state index contributed by atoms with van der Waals surface area (Å²) in [6.07, 6.45) is -0.00250. The van der Waals surface area contributed by atoms with Crippen molar-refractivity contribution in [3.05, 3.63) is 64.5 Å². The highest BCUT2D eigenvalue weighted by atomic mass is 16.5. The van der Waals surface area contributed by atoms with Gasteiger partial charge in [-0.3, -0.25) is 0 Å². The third-order valence-electron chi connectivity index (χ3n) is 4.46. The van der Waals surface area contributed by atoms with Crippen LogP contribution in [-0.2, 0) is 0 Å². The maximum Gasteiger partial charge on any atom is 0.343 e. The Hall–Kier alpha value is -2.55. The van der Waals surface area contributed by atoms with Gasteiger partial charge >= 0.3 is 5.63 Å². The van der Waals surface area contributed by atoms with Crippen LogP contribution in [0.2, 0.25) is 0 Å². The number of rotatable bonds is 1. The van der Waals surface area contributed by atoms with Gasteiger partial charge in [-0.05, 0) is 30.2 Å². The van der Waals surface area contributed by atoms with E-state index in [1.165, 1.54) is 0 Å². The molecular weight excluding hydrogens is 276 g/mol. The maximum absolute atomic E-state index is 12.3. The molecule has 0 fully saturated rings. The molecule has 0 aliphatic carbocycles. The van der Waals surface area contributed by atoms with Crippen molar-refractivity contribution in [2.75, 3.05) is 0 Å². The predicted octanol–water partition coefficient (Wildman–Crippen LogP) is 4.34. The van der Waals surface area contributed by atoms with Crippen molar-refractivity contribution in [2.24, 2.45) is 0 Å². The Morgan fingerprint density at radius 3 is 2.50 bits per heavy atom. The molecular formula is C19H16O3. The van der Waals surface area contributed by atoms with Crippen LogP contribution in [0.1, 0.15) is 25.3 Å². The van der Waals surface area contributed by atoms with Gasteiger partial charge < -0.3 is 9.15 Å². The number of ether oxygens (including phenoxy) is 1. The minimum Gasteiger partial charge on any atom is -0.489 e. The molecule has 0 spiro atoms. The Morgan fingerprint density at radius 2 is 1.73 bits per heavy atom. The standard InChI is InChI=1S/C19H16O3/c1-11-12(2)21-18-15-9-8-14(13-6-4-3-5-7-13)10-16(15)22-19(20)17(11)18/h3-12H,1-2H3/t11-,12+/m0/s1. The average molecular weight is 292 g/mol. The first-order valence-corrected chi connectivity index (χ1v) is 7.48. The van der Waals surface area contributed by atoms with Crippen molar-refractivity contribution < 1.29 is 9.15 Å². The number of hydrogen-bond acceptors (Lipinski definition) is 3. The van der Waals surface area contributed by atoms with Gasteiger partial charge in [-0.1, -0.05) is 43.3 Å². The lowest BCUT2D eigenvalue weighted by molar-refractivity contribution is 0.234. The summed E-state index contributed by atoms with van der Waals surface area (Å²) in [7, 11) is 0. The molecule has 0 saturated heterocycles. The second kappa shape index (κ2) is 4.73. The minimum atomic E-state index is -0.287. The molecule has 3 heteroatoms. The first kappa shape index (κ1) is 13.1. The lowest BCUT2D eigenvalue weighted by atomic mass is 9.98. The van der Waals surface area contributed by atoms with E-state index in [9.17, 15) is 4.79 Å². The predicted molar refractivity (Wildman–Crippen MR) is 86.4 cm³/mol. The summed E-state index contributed by atoms with van der Waals surface area (Å²) in [5, 5.41) is 0.866. The SMILES string of the molecule is C[C@@H]1c2c(c3ccc(-c4ccccc4)cc3oc2=O)O[C@@H]1C. The third-order valence-corrected chi connectivity index (χ3v) is 4.46. The molecule has 1 aliphatic rings. The molecule has 1 aliphatic heterocycles. The van der Waals surface area contributed by atoms with Crippen molar-refractivity contribution in [2.45, 2.75) is 25.9 Å². The summed E-state index contributed by atoms with van der Waals surface area (Å²) < 4.78 is 11.4. The van der Waals surface area contributed by atoms with Crippen LogP contribution in [0.3, 0.4) is 0 Å². The zero-order valence-electron chi connectivity index (χ0n) is 12.5. The molecule has 0 saturated carbocycles. The highest BCUT2D eigenvalue weighted by molar-refractivity contribution is 5.89. The third kappa shape index (κ3) is 1.86. The van der Waals surface area contributed by atoms with E-state index < -0.39 is 0 Å². The smallest absolute Gasteiger partial charge is 0.343 e. The molecule has 2 atom stereocenters. The van der Waals surface area contributed by atoms with E-state index >= 15 is 0 Å². The van der Waals surface area contributed by atoms with Crippen molar-refractivity contribution >= 4 is 11.0 Å². The summed E-state index contributed by atoms with van der Waals surface area (Å²) in [4.78, 5) is 12.3. The van der Waals surface area contributed by atoms with Gasteiger partial charge in [0.2, 0.25) is 0 Å². The van der Waals surface area contributed by atoms with E-state index in [0.29, 0.717) is 16.9 Å². The van der Waals surface area contributed by atoms with E-state index in [4.69, 9.17) is 9.15 Å². The van der Waals surface area contributed by atoms with Gasteiger partial charge in [0.15, 0.2) is 0 Å². The van der Waals surface area contributed by atoms with Gasteiger partial charge in [-0.2, -0.15) is 0 Å². The number of hydrogen-bond donors (Lipinski definition) is 0. The van der Waals surface area contributed by atoms with E-state index in [0.717, 1.165) is 16.5 Å². The normalized spacial score (nSPS) is 19.9. The van der Waals surface area contributed by atoms with Crippen molar-refractivity contribution in [3.8, 4) is 16.9 Å². The van der Waals surface area contributed by atoms with Gasteiger partial charge in [0.1, 0.15) is 17.4 Å². The molecule has 3 nitrogen and oxygen atoms in total. The van der Waals surface area contributed by atoms with Crippen LogP contribution >= 0.6 is 0 Å². The molecule has 0 bridgehead atoms. The van der Waals surface area contributed by atoms with Crippen molar-refractivity contribution in [1.82, 2.24) is 0 Å². The minimum absolute atomic E-state index is 0.00250. The van der Waals surface area contributed by atoms with E-state index in [1.807, 2.05) is 62.4 Å². The van der Waals surface area contributed by atoms with Crippen molar-refractivity contribution in [1.29, 1.82) is 0 Å². The summed E-state index contributed by atoms with van der Waals surface area (Å²) in [6, 6.07) is 16.0. The zero-order valence-corrected chi connectivity index (χ0v) is 12.5. The molecule has 4 rings (SSSR count). The van der Waals surface area contributed by atoms with Gasteiger partial charge in [0.25, 0.3) is 0 Å². The first-order valence-electron chi connectivity index (χ1n) is 7.48. The van der Waals surface area contributed by atoms with E-state index in [1.54, 1.807) is 0 Å².